The average molecular weight is 197 g/mol. The van der Waals surface area contributed by atoms with E-state index in [1.807, 2.05) is 0 Å². The lowest BCUT2D eigenvalue weighted by Gasteiger charge is -2.35. The molecule has 2 fully saturated rings. The highest BCUT2D eigenvalue weighted by atomic mass is 16.4. The van der Waals surface area contributed by atoms with Crippen molar-refractivity contribution in [3.8, 4) is 0 Å². The third kappa shape index (κ3) is 1.38. The predicted molar refractivity (Wildman–Crippen MR) is 49.7 cm³/mol. The maximum absolute atomic E-state index is 11.3. The summed E-state index contributed by atoms with van der Waals surface area (Å²) in [7, 11) is 0. The minimum Gasteiger partial charge on any atom is -0.480 e. The number of hydrogen-bond donors (Lipinski definition) is 2. The van der Waals surface area contributed by atoms with Crippen molar-refractivity contribution in [2.45, 2.75) is 44.6 Å². The van der Waals surface area contributed by atoms with Gasteiger partial charge in [-0.3, -0.25) is 4.79 Å². The molecule has 4 nitrogen and oxygen atoms in total. The van der Waals surface area contributed by atoms with Crippen LogP contribution in [0.5, 0.6) is 0 Å². The molecule has 1 spiro atoms. The van der Waals surface area contributed by atoms with Gasteiger partial charge >= 0.3 is 5.97 Å². The summed E-state index contributed by atoms with van der Waals surface area (Å²) >= 11 is 0. The molecular formula is C10H15NO3. The first-order chi connectivity index (χ1) is 6.64. The maximum atomic E-state index is 11.3. The summed E-state index contributed by atoms with van der Waals surface area (Å²) in [4.78, 5) is 22.3. The number of carbonyl (C=O) groups excluding carboxylic acids is 1. The molecule has 14 heavy (non-hydrogen) atoms. The van der Waals surface area contributed by atoms with Gasteiger partial charge in [-0.2, -0.15) is 0 Å². The van der Waals surface area contributed by atoms with Gasteiger partial charge in [-0.1, -0.05) is 19.3 Å². The second-order valence-electron chi connectivity index (χ2n) is 4.44. The van der Waals surface area contributed by atoms with Crippen LogP contribution >= 0.6 is 0 Å². The number of hydrogen-bond acceptors (Lipinski definition) is 2. The predicted octanol–water partition coefficient (Wildman–Crippen LogP) is 0.910. The van der Waals surface area contributed by atoms with E-state index in [0.29, 0.717) is 6.42 Å². The second kappa shape index (κ2) is 3.26. The van der Waals surface area contributed by atoms with Gasteiger partial charge in [-0.25, -0.2) is 4.79 Å². The summed E-state index contributed by atoms with van der Waals surface area (Å²) in [5.41, 5.74) is -0.277. The highest BCUT2D eigenvalue weighted by molar-refractivity contribution is 5.89. The Balaban J connectivity index is 2.21. The van der Waals surface area contributed by atoms with Gasteiger partial charge in [-0.15, -0.1) is 0 Å². The van der Waals surface area contributed by atoms with E-state index in [1.165, 1.54) is 6.42 Å². The van der Waals surface area contributed by atoms with Crippen LogP contribution in [0.4, 0.5) is 0 Å². The molecule has 0 radical (unpaired) electrons. The molecule has 0 bridgehead atoms. The quantitative estimate of drug-likeness (QED) is 0.656. The van der Waals surface area contributed by atoms with Crippen molar-refractivity contribution >= 4 is 11.9 Å². The van der Waals surface area contributed by atoms with E-state index >= 15 is 0 Å². The summed E-state index contributed by atoms with van der Waals surface area (Å²) in [5.74, 6) is -0.975. The number of carbonyl (C=O) groups is 2. The second-order valence-corrected chi connectivity index (χ2v) is 4.44. The zero-order valence-electron chi connectivity index (χ0n) is 8.08. The number of carboxylic acid groups (broad SMARTS) is 1. The third-order valence-electron chi connectivity index (χ3n) is 3.53. The highest BCUT2D eigenvalue weighted by Gasteiger charge is 2.50. The normalized spacial score (nSPS) is 30.3. The lowest BCUT2D eigenvalue weighted by Crippen LogP contribution is -2.44. The van der Waals surface area contributed by atoms with E-state index in [-0.39, 0.29) is 11.3 Å². The Bertz CT molecular complexity index is 269. The lowest BCUT2D eigenvalue weighted by molar-refractivity contribution is -0.143. The molecule has 2 rings (SSSR count). The van der Waals surface area contributed by atoms with Gasteiger partial charge in [0.1, 0.15) is 6.04 Å². The number of aliphatic carboxylic acids is 1. The standard InChI is InChI=1S/C10H15NO3/c12-7-6-10(4-2-1-3-5-10)8(11-7)9(13)14/h8H,1-6H2,(H,11,12)(H,13,14). The molecule has 0 aromatic heterocycles. The van der Waals surface area contributed by atoms with Crippen molar-refractivity contribution in [2.24, 2.45) is 5.41 Å². The minimum atomic E-state index is -0.877. The molecule has 1 saturated heterocycles. The molecule has 2 aliphatic rings. The van der Waals surface area contributed by atoms with E-state index in [9.17, 15) is 9.59 Å². The first-order valence-electron chi connectivity index (χ1n) is 5.16. The molecule has 0 aromatic carbocycles. The fraction of sp³-hybridized carbons (Fsp3) is 0.800. The van der Waals surface area contributed by atoms with Crippen molar-refractivity contribution < 1.29 is 14.7 Å². The zero-order valence-corrected chi connectivity index (χ0v) is 8.08. The molecular weight excluding hydrogens is 182 g/mol. The number of amides is 1. The van der Waals surface area contributed by atoms with E-state index in [0.717, 1.165) is 25.7 Å². The fourth-order valence-corrected chi connectivity index (χ4v) is 2.83. The van der Waals surface area contributed by atoms with Crippen LogP contribution in [0, 0.1) is 5.41 Å². The molecule has 4 heteroatoms. The van der Waals surface area contributed by atoms with Gasteiger partial charge in [0.15, 0.2) is 0 Å². The molecule has 1 heterocycles. The summed E-state index contributed by atoms with van der Waals surface area (Å²) < 4.78 is 0. The van der Waals surface area contributed by atoms with Gasteiger partial charge in [0.25, 0.3) is 0 Å². The summed E-state index contributed by atoms with van der Waals surface area (Å²) in [6.07, 6.45) is 5.44. The summed E-state index contributed by atoms with van der Waals surface area (Å²) in [6.45, 7) is 0. The maximum Gasteiger partial charge on any atom is 0.326 e. The third-order valence-corrected chi connectivity index (χ3v) is 3.53. The SMILES string of the molecule is O=C1CC2(CCCCC2)C(C(=O)O)N1. The Morgan fingerprint density at radius 3 is 2.57 bits per heavy atom. The van der Waals surface area contributed by atoms with Crippen molar-refractivity contribution in [2.75, 3.05) is 0 Å². The Labute approximate surface area is 82.7 Å². The molecule has 1 aliphatic carbocycles. The van der Waals surface area contributed by atoms with Gasteiger partial charge in [0.05, 0.1) is 0 Å². The van der Waals surface area contributed by atoms with Gasteiger partial charge < -0.3 is 10.4 Å². The Morgan fingerprint density at radius 1 is 1.36 bits per heavy atom. The Kier molecular flexibility index (Phi) is 2.21. The zero-order chi connectivity index (χ0) is 10.2. The molecule has 78 valence electrons. The van der Waals surface area contributed by atoms with Crippen molar-refractivity contribution in [3.05, 3.63) is 0 Å². The number of carboxylic acids is 1. The first kappa shape index (κ1) is 9.49. The lowest BCUT2D eigenvalue weighted by atomic mass is 9.69. The number of nitrogens with one attached hydrogen (secondary N) is 1. The molecule has 1 saturated carbocycles. The summed E-state index contributed by atoms with van der Waals surface area (Å²) in [6, 6.07) is -0.643. The molecule has 1 atom stereocenters. The molecule has 2 N–H and O–H groups in total. The van der Waals surface area contributed by atoms with Gasteiger partial charge in [0.2, 0.25) is 5.91 Å². The van der Waals surface area contributed by atoms with E-state index in [4.69, 9.17) is 5.11 Å². The fourth-order valence-electron chi connectivity index (χ4n) is 2.83. The van der Waals surface area contributed by atoms with Gasteiger partial charge in [-0.05, 0) is 12.8 Å². The van der Waals surface area contributed by atoms with Crippen LogP contribution in [0.1, 0.15) is 38.5 Å². The van der Waals surface area contributed by atoms with E-state index < -0.39 is 12.0 Å². The van der Waals surface area contributed by atoms with Crippen molar-refractivity contribution in [1.29, 1.82) is 0 Å². The van der Waals surface area contributed by atoms with Gasteiger partial charge in [0, 0.05) is 11.8 Å². The average Bonchev–Trinajstić information content (AvgIpc) is 2.44. The van der Waals surface area contributed by atoms with E-state index in [2.05, 4.69) is 5.32 Å². The highest BCUT2D eigenvalue weighted by Crippen LogP contribution is 2.45. The van der Waals surface area contributed by atoms with Crippen LogP contribution in [0.15, 0.2) is 0 Å². The van der Waals surface area contributed by atoms with Crippen molar-refractivity contribution in [3.63, 3.8) is 0 Å². The summed E-state index contributed by atoms with van der Waals surface area (Å²) in [5, 5.41) is 11.6. The van der Waals surface area contributed by atoms with Crippen LogP contribution in [-0.2, 0) is 9.59 Å². The number of rotatable bonds is 1. The smallest absolute Gasteiger partial charge is 0.326 e. The largest absolute Gasteiger partial charge is 0.480 e. The monoisotopic (exact) mass is 197 g/mol. The minimum absolute atomic E-state index is 0.0979. The van der Waals surface area contributed by atoms with Crippen LogP contribution in [-0.4, -0.2) is 23.0 Å². The van der Waals surface area contributed by atoms with Crippen LogP contribution < -0.4 is 5.32 Å². The molecule has 1 aliphatic heterocycles. The van der Waals surface area contributed by atoms with Crippen LogP contribution in [0.25, 0.3) is 0 Å². The molecule has 1 amide bonds. The molecule has 0 aromatic rings. The first-order valence-corrected chi connectivity index (χ1v) is 5.16. The van der Waals surface area contributed by atoms with Crippen LogP contribution in [0.3, 0.4) is 0 Å². The van der Waals surface area contributed by atoms with Crippen molar-refractivity contribution in [1.82, 2.24) is 5.32 Å². The molecule has 1 unspecified atom stereocenters. The Hall–Kier alpha value is -1.06. The van der Waals surface area contributed by atoms with Crippen LogP contribution in [0.2, 0.25) is 0 Å². The topological polar surface area (TPSA) is 66.4 Å². The van der Waals surface area contributed by atoms with E-state index in [1.54, 1.807) is 0 Å². The Morgan fingerprint density at radius 2 is 2.00 bits per heavy atom.